The van der Waals surface area contributed by atoms with Crippen LogP contribution in [0.1, 0.15) is 50.2 Å². The van der Waals surface area contributed by atoms with Gasteiger partial charge in [0.15, 0.2) is 0 Å². The fraction of sp³-hybridized carbons (Fsp3) is 0.529. The Balaban J connectivity index is 2.38. The van der Waals surface area contributed by atoms with E-state index in [0.717, 1.165) is 18.4 Å². The molecule has 1 aromatic rings. The third-order valence-corrected chi connectivity index (χ3v) is 3.57. The summed E-state index contributed by atoms with van der Waals surface area (Å²) in [7, 11) is 0. The third-order valence-electron chi connectivity index (χ3n) is 3.57. The molecule has 1 atom stereocenters. The fourth-order valence-corrected chi connectivity index (χ4v) is 2.25. The van der Waals surface area contributed by atoms with Crippen LogP contribution in [0.2, 0.25) is 0 Å². The van der Waals surface area contributed by atoms with Crippen LogP contribution in [0.25, 0.3) is 0 Å². The predicted octanol–water partition coefficient (Wildman–Crippen LogP) is 3.22. The molecule has 0 fully saturated rings. The number of unbranched alkanes of at least 4 members (excludes halogenated alkanes) is 1. The first-order chi connectivity index (χ1) is 10.4. The summed E-state index contributed by atoms with van der Waals surface area (Å²) in [6, 6.07) is 4.10. The van der Waals surface area contributed by atoms with Gasteiger partial charge >= 0.3 is 5.97 Å². The summed E-state index contributed by atoms with van der Waals surface area (Å²) >= 11 is 0. The smallest absolute Gasteiger partial charge is 0.326 e. The molecule has 0 bridgehead atoms. The quantitative estimate of drug-likeness (QED) is 0.736. The van der Waals surface area contributed by atoms with Crippen molar-refractivity contribution >= 4 is 11.9 Å². The van der Waals surface area contributed by atoms with Gasteiger partial charge < -0.3 is 10.4 Å². The van der Waals surface area contributed by atoms with Gasteiger partial charge in [-0.05, 0) is 43.4 Å². The Morgan fingerprint density at radius 3 is 2.64 bits per heavy atom. The lowest BCUT2D eigenvalue weighted by Crippen LogP contribution is -2.40. The Labute approximate surface area is 130 Å². The number of rotatable bonds is 9. The molecule has 0 aliphatic carbocycles. The van der Waals surface area contributed by atoms with Crippen molar-refractivity contribution in [3.8, 4) is 0 Å². The van der Waals surface area contributed by atoms with E-state index in [1.807, 2.05) is 6.92 Å². The van der Waals surface area contributed by atoms with Crippen LogP contribution >= 0.6 is 0 Å². The summed E-state index contributed by atoms with van der Waals surface area (Å²) in [5, 5.41) is 11.6. The number of aliphatic carboxylic acids is 1. The predicted molar refractivity (Wildman–Crippen MR) is 83.2 cm³/mol. The molecule has 1 unspecified atom stereocenters. The summed E-state index contributed by atoms with van der Waals surface area (Å²) in [5.41, 5.74) is 1.57. The molecule has 0 aliphatic heterocycles. The first kappa shape index (κ1) is 18.1. The highest BCUT2D eigenvalue weighted by molar-refractivity contribution is 5.83. The second-order valence-electron chi connectivity index (χ2n) is 5.54. The van der Waals surface area contributed by atoms with Crippen molar-refractivity contribution in [2.24, 2.45) is 0 Å². The minimum Gasteiger partial charge on any atom is -0.480 e. The van der Waals surface area contributed by atoms with Gasteiger partial charge in [0.2, 0.25) is 5.91 Å². The van der Waals surface area contributed by atoms with Crippen LogP contribution in [0, 0.1) is 12.7 Å². The highest BCUT2D eigenvalue weighted by Crippen LogP contribution is 2.12. The van der Waals surface area contributed by atoms with Gasteiger partial charge in [0.05, 0.1) is 0 Å². The number of nitrogens with one attached hydrogen (secondary N) is 1. The lowest BCUT2D eigenvalue weighted by Gasteiger charge is -2.14. The van der Waals surface area contributed by atoms with E-state index in [1.54, 1.807) is 19.1 Å². The lowest BCUT2D eigenvalue weighted by molar-refractivity contribution is -0.142. The highest BCUT2D eigenvalue weighted by Gasteiger charge is 2.18. The minimum absolute atomic E-state index is 0.235. The molecule has 0 aromatic heterocycles. The van der Waals surface area contributed by atoms with Crippen molar-refractivity contribution in [2.45, 2.75) is 58.4 Å². The second-order valence-corrected chi connectivity index (χ2v) is 5.54. The van der Waals surface area contributed by atoms with Gasteiger partial charge in [0.25, 0.3) is 0 Å². The average Bonchev–Trinajstić information content (AvgIpc) is 2.47. The zero-order valence-corrected chi connectivity index (χ0v) is 13.2. The van der Waals surface area contributed by atoms with Gasteiger partial charge in [-0.1, -0.05) is 31.9 Å². The van der Waals surface area contributed by atoms with Crippen LogP contribution < -0.4 is 5.32 Å². The Morgan fingerprint density at radius 1 is 1.32 bits per heavy atom. The van der Waals surface area contributed by atoms with Crippen molar-refractivity contribution in [1.29, 1.82) is 0 Å². The first-order valence-corrected chi connectivity index (χ1v) is 7.71. The Bertz CT molecular complexity index is 517. The molecule has 122 valence electrons. The molecule has 0 aliphatic rings. The molecule has 22 heavy (non-hydrogen) atoms. The summed E-state index contributed by atoms with van der Waals surface area (Å²) in [6.45, 7) is 3.68. The van der Waals surface area contributed by atoms with Crippen molar-refractivity contribution in [2.75, 3.05) is 0 Å². The fourth-order valence-electron chi connectivity index (χ4n) is 2.25. The number of amides is 1. The second kappa shape index (κ2) is 9.18. The molecule has 1 rings (SSSR count). The van der Waals surface area contributed by atoms with E-state index >= 15 is 0 Å². The topological polar surface area (TPSA) is 66.4 Å². The number of carbonyl (C=O) groups is 2. The van der Waals surface area contributed by atoms with E-state index in [-0.39, 0.29) is 18.1 Å². The summed E-state index contributed by atoms with van der Waals surface area (Å²) < 4.78 is 13.2. The summed E-state index contributed by atoms with van der Waals surface area (Å²) in [4.78, 5) is 22.9. The summed E-state index contributed by atoms with van der Waals surface area (Å²) in [6.07, 6.45) is 3.66. The van der Waals surface area contributed by atoms with Gasteiger partial charge in [-0.2, -0.15) is 0 Å². The number of carboxylic acids is 1. The number of carboxylic acid groups (broad SMARTS) is 1. The van der Waals surface area contributed by atoms with Crippen LogP contribution in [0.4, 0.5) is 4.39 Å². The number of benzene rings is 1. The molecule has 0 spiro atoms. The molecule has 0 saturated carbocycles. The number of halogens is 1. The number of carbonyl (C=O) groups excluding carboxylic acids is 1. The first-order valence-electron chi connectivity index (χ1n) is 7.71. The maximum absolute atomic E-state index is 13.2. The van der Waals surface area contributed by atoms with Crippen LogP contribution in [-0.2, 0) is 16.0 Å². The Hall–Kier alpha value is -1.91. The SMILES string of the molecule is CCCCC(NC(=O)CCCc1ccc(F)c(C)c1)C(=O)O. The Kier molecular flexibility index (Phi) is 7.57. The van der Waals surface area contributed by atoms with Crippen molar-refractivity contribution < 1.29 is 19.1 Å². The van der Waals surface area contributed by atoms with Gasteiger partial charge in [0.1, 0.15) is 11.9 Å². The third kappa shape index (κ3) is 6.24. The average molecular weight is 309 g/mol. The summed E-state index contributed by atoms with van der Waals surface area (Å²) in [5.74, 6) is -1.47. The highest BCUT2D eigenvalue weighted by atomic mass is 19.1. The molecular formula is C17H24FNO3. The molecule has 0 saturated heterocycles. The van der Waals surface area contributed by atoms with E-state index in [2.05, 4.69) is 5.32 Å². The Morgan fingerprint density at radius 2 is 2.05 bits per heavy atom. The molecule has 1 amide bonds. The molecule has 0 heterocycles. The van der Waals surface area contributed by atoms with E-state index in [9.17, 15) is 14.0 Å². The van der Waals surface area contributed by atoms with Crippen LogP contribution in [0.15, 0.2) is 18.2 Å². The van der Waals surface area contributed by atoms with E-state index in [0.29, 0.717) is 24.8 Å². The van der Waals surface area contributed by atoms with E-state index < -0.39 is 12.0 Å². The molecular weight excluding hydrogens is 285 g/mol. The van der Waals surface area contributed by atoms with Crippen LogP contribution in [0.3, 0.4) is 0 Å². The molecule has 4 nitrogen and oxygen atoms in total. The minimum atomic E-state index is -0.990. The molecule has 1 aromatic carbocycles. The van der Waals surface area contributed by atoms with E-state index in [1.165, 1.54) is 6.07 Å². The maximum atomic E-state index is 13.2. The van der Waals surface area contributed by atoms with Gasteiger partial charge in [-0.15, -0.1) is 0 Å². The monoisotopic (exact) mass is 309 g/mol. The van der Waals surface area contributed by atoms with Crippen LogP contribution in [-0.4, -0.2) is 23.0 Å². The van der Waals surface area contributed by atoms with Gasteiger partial charge in [0, 0.05) is 6.42 Å². The van der Waals surface area contributed by atoms with Gasteiger partial charge in [-0.3, -0.25) is 4.79 Å². The van der Waals surface area contributed by atoms with Crippen molar-refractivity contribution in [3.05, 3.63) is 35.1 Å². The van der Waals surface area contributed by atoms with Crippen LogP contribution in [0.5, 0.6) is 0 Å². The largest absolute Gasteiger partial charge is 0.480 e. The maximum Gasteiger partial charge on any atom is 0.326 e. The molecule has 5 heteroatoms. The van der Waals surface area contributed by atoms with Crippen molar-refractivity contribution in [1.82, 2.24) is 5.32 Å². The van der Waals surface area contributed by atoms with Crippen molar-refractivity contribution in [3.63, 3.8) is 0 Å². The van der Waals surface area contributed by atoms with E-state index in [4.69, 9.17) is 5.11 Å². The zero-order valence-electron chi connectivity index (χ0n) is 13.2. The standard InChI is InChI=1S/C17H24FNO3/c1-3-4-7-15(17(21)22)19-16(20)8-5-6-13-9-10-14(18)12(2)11-13/h9-11,15H,3-8H2,1-2H3,(H,19,20)(H,21,22). The van der Waals surface area contributed by atoms with Gasteiger partial charge in [-0.25, -0.2) is 9.18 Å². The zero-order chi connectivity index (χ0) is 16.5. The number of hydrogen-bond acceptors (Lipinski definition) is 2. The number of hydrogen-bond donors (Lipinski definition) is 2. The number of aryl methyl sites for hydroxylation is 2. The molecule has 0 radical (unpaired) electrons. The molecule has 2 N–H and O–H groups in total. The lowest BCUT2D eigenvalue weighted by atomic mass is 10.0. The normalized spacial score (nSPS) is 12.0.